The molecule has 1 aromatic carbocycles. The van der Waals surface area contributed by atoms with Crippen molar-refractivity contribution in [3.63, 3.8) is 0 Å². The SMILES string of the molecule is CC[C@H](O)CNC(=O)C[C@H](C)c1ccccc1OC. The lowest BCUT2D eigenvalue weighted by Crippen LogP contribution is -2.32. The minimum atomic E-state index is -0.467. The van der Waals surface area contributed by atoms with Crippen LogP contribution in [0.1, 0.15) is 38.2 Å². The third-order valence-corrected chi connectivity index (χ3v) is 3.17. The van der Waals surface area contributed by atoms with Crippen LogP contribution in [0.2, 0.25) is 0 Å². The van der Waals surface area contributed by atoms with E-state index in [1.54, 1.807) is 7.11 Å². The first-order valence-electron chi connectivity index (χ1n) is 6.66. The van der Waals surface area contributed by atoms with Gasteiger partial charge >= 0.3 is 0 Å². The molecule has 2 atom stereocenters. The normalized spacial score (nSPS) is 13.7. The molecule has 0 heterocycles. The molecule has 1 aromatic rings. The predicted molar refractivity (Wildman–Crippen MR) is 75.3 cm³/mol. The molecule has 0 aromatic heterocycles. The summed E-state index contributed by atoms with van der Waals surface area (Å²) in [5, 5.41) is 12.1. The van der Waals surface area contributed by atoms with Crippen LogP contribution in [0.15, 0.2) is 24.3 Å². The average molecular weight is 265 g/mol. The van der Waals surface area contributed by atoms with Crippen molar-refractivity contribution in [3.05, 3.63) is 29.8 Å². The lowest BCUT2D eigenvalue weighted by atomic mass is 9.96. The summed E-state index contributed by atoms with van der Waals surface area (Å²) in [5.74, 6) is 0.831. The van der Waals surface area contributed by atoms with Gasteiger partial charge in [-0.25, -0.2) is 0 Å². The number of benzene rings is 1. The van der Waals surface area contributed by atoms with Gasteiger partial charge in [-0.3, -0.25) is 4.79 Å². The van der Waals surface area contributed by atoms with Crippen LogP contribution in [0, 0.1) is 0 Å². The molecule has 0 saturated carbocycles. The second-order valence-electron chi connectivity index (χ2n) is 4.71. The van der Waals surface area contributed by atoms with Gasteiger partial charge in [0.05, 0.1) is 13.2 Å². The molecule has 0 bridgehead atoms. The second kappa shape index (κ2) is 7.79. The molecule has 0 aliphatic rings. The van der Waals surface area contributed by atoms with Gasteiger partial charge in [-0.15, -0.1) is 0 Å². The Bertz CT molecular complexity index is 406. The van der Waals surface area contributed by atoms with Crippen LogP contribution in [-0.2, 0) is 4.79 Å². The maximum Gasteiger partial charge on any atom is 0.220 e. The fourth-order valence-corrected chi connectivity index (χ4v) is 1.91. The first-order valence-corrected chi connectivity index (χ1v) is 6.66. The zero-order valence-corrected chi connectivity index (χ0v) is 11.8. The number of aliphatic hydroxyl groups excluding tert-OH is 1. The molecule has 0 spiro atoms. The van der Waals surface area contributed by atoms with Gasteiger partial charge in [-0.1, -0.05) is 32.0 Å². The van der Waals surface area contributed by atoms with Crippen LogP contribution in [0.25, 0.3) is 0 Å². The Morgan fingerprint density at radius 3 is 2.74 bits per heavy atom. The summed E-state index contributed by atoms with van der Waals surface area (Å²) in [6.07, 6.45) is 0.560. The van der Waals surface area contributed by atoms with Crippen molar-refractivity contribution >= 4 is 5.91 Å². The van der Waals surface area contributed by atoms with Crippen LogP contribution in [-0.4, -0.2) is 30.8 Å². The molecule has 4 nitrogen and oxygen atoms in total. The summed E-state index contributed by atoms with van der Waals surface area (Å²) in [6, 6.07) is 7.71. The van der Waals surface area contributed by atoms with Crippen LogP contribution in [0.3, 0.4) is 0 Å². The highest BCUT2D eigenvalue weighted by molar-refractivity contribution is 5.77. The molecule has 0 saturated heterocycles. The van der Waals surface area contributed by atoms with E-state index in [4.69, 9.17) is 4.74 Å². The molecule has 0 aliphatic heterocycles. The molecule has 106 valence electrons. The maximum absolute atomic E-state index is 11.8. The monoisotopic (exact) mass is 265 g/mol. The topological polar surface area (TPSA) is 58.6 Å². The number of hydrogen-bond donors (Lipinski definition) is 2. The Morgan fingerprint density at radius 2 is 2.11 bits per heavy atom. The van der Waals surface area contributed by atoms with Gasteiger partial charge in [0.2, 0.25) is 5.91 Å². The number of para-hydroxylation sites is 1. The molecule has 1 amide bonds. The van der Waals surface area contributed by atoms with Gasteiger partial charge in [0, 0.05) is 13.0 Å². The van der Waals surface area contributed by atoms with Gasteiger partial charge in [-0.2, -0.15) is 0 Å². The molecule has 0 fully saturated rings. The van der Waals surface area contributed by atoms with E-state index in [-0.39, 0.29) is 11.8 Å². The molecule has 0 aliphatic carbocycles. The molecular formula is C15H23NO3. The highest BCUT2D eigenvalue weighted by atomic mass is 16.5. The highest BCUT2D eigenvalue weighted by Crippen LogP contribution is 2.28. The minimum Gasteiger partial charge on any atom is -0.496 e. The third-order valence-electron chi connectivity index (χ3n) is 3.17. The van der Waals surface area contributed by atoms with Gasteiger partial charge < -0.3 is 15.2 Å². The zero-order valence-electron chi connectivity index (χ0n) is 11.8. The Balaban J connectivity index is 2.54. The summed E-state index contributed by atoms with van der Waals surface area (Å²) in [5.41, 5.74) is 1.02. The van der Waals surface area contributed by atoms with Crippen molar-refractivity contribution in [1.82, 2.24) is 5.32 Å². The van der Waals surface area contributed by atoms with Crippen molar-refractivity contribution in [2.45, 2.75) is 38.7 Å². The second-order valence-corrected chi connectivity index (χ2v) is 4.71. The predicted octanol–water partition coefficient (Wildman–Crippen LogP) is 2.08. The van der Waals surface area contributed by atoms with Crippen molar-refractivity contribution < 1.29 is 14.6 Å². The van der Waals surface area contributed by atoms with Gasteiger partial charge in [0.1, 0.15) is 5.75 Å². The molecule has 19 heavy (non-hydrogen) atoms. The van der Waals surface area contributed by atoms with E-state index >= 15 is 0 Å². The van der Waals surface area contributed by atoms with Crippen LogP contribution >= 0.6 is 0 Å². The lowest BCUT2D eigenvalue weighted by molar-refractivity contribution is -0.121. The van der Waals surface area contributed by atoms with E-state index in [0.29, 0.717) is 19.4 Å². The summed E-state index contributed by atoms with van der Waals surface area (Å²) < 4.78 is 5.29. The minimum absolute atomic E-state index is 0.0501. The summed E-state index contributed by atoms with van der Waals surface area (Å²) >= 11 is 0. The van der Waals surface area contributed by atoms with Crippen LogP contribution in [0.4, 0.5) is 0 Å². The van der Waals surface area contributed by atoms with Crippen LogP contribution in [0.5, 0.6) is 5.75 Å². The smallest absolute Gasteiger partial charge is 0.220 e. The van der Waals surface area contributed by atoms with E-state index in [2.05, 4.69) is 5.32 Å². The molecule has 1 rings (SSSR count). The molecule has 2 N–H and O–H groups in total. The van der Waals surface area contributed by atoms with Gasteiger partial charge in [0.25, 0.3) is 0 Å². The summed E-state index contributed by atoms with van der Waals surface area (Å²) in [7, 11) is 1.63. The number of carbonyl (C=O) groups is 1. The van der Waals surface area contributed by atoms with Gasteiger partial charge in [-0.05, 0) is 24.0 Å². The standard InChI is InChI=1S/C15H23NO3/c1-4-12(17)10-16-15(18)9-11(2)13-7-5-6-8-14(13)19-3/h5-8,11-12,17H,4,9-10H2,1-3H3,(H,16,18)/t11-,12-/m0/s1. The first kappa shape index (κ1) is 15.5. The van der Waals surface area contributed by atoms with E-state index in [1.807, 2.05) is 38.1 Å². The highest BCUT2D eigenvalue weighted by Gasteiger charge is 2.15. The van der Waals surface area contributed by atoms with E-state index in [0.717, 1.165) is 11.3 Å². The number of hydrogen-bond acceptors (Lipinski definition) is 3. The zero-order chi connectivity index (χ0) is 14.3. The van der Waals surface area contributed by atoms with Crippen molar-refractivity contribution in [2.75, 3.05) is 13.7 Å². The molecule has 4 heteroatoms. The maximum atomic E-state index is 11.8. The lowest BCUT2D eigenvalue weighted by Gasteiger charge is -2.16. The fraction of sp³-hybridized carbons (Fsp3) is 0.533. The largest absolute Gasteiger partial charge is 0.496 e. The van der Waals surface area contributed by atoms with E-state index < -0.39 is 6.10 Å². The number of carbonyl (C=O) groups excluding carboxylic acids is 1. The van der Waals surface area contributed by atoms with Gasteiger partial charge in [0.15, 0.2) is 0 Å². The number of amides is 1. The molecule has 0 radical (unpaired) electrons. The Morgan fingerprint density at radius 1 is 1.42 bits per heavy atom. The van der Waals surface area contributed by atoms with E-state index in [9.17, 15) is 9.90 Å². The Labute approximate surface area is 114 Å². The Hall–Kier alpha value is -1.55. The summed E-state index contributed by atoms with van der Waals surface area (Å²) in [6.45, 7) is 4.19. The van der Waals surface area contributed by atoms with E-state index in [1.165, 1.54) is 0 Å². The van der Waals surface area contributed by atoms with Crippen LogP contribution < -0.4 is 10.1 Å². The summed E-state index contributed by atoms with van der Waals surface area (Å²) in [4.78, 5) is 11.8. The number of methoxy groups -OCH3 is 1. The van der Waals surface area contributed by atoms with Crippen molar-refractivity contribution in [2.24, 2.45) is 0 Å². The first-order chi connectivity index (χ1) is 9.08. The van der Waals surface area contributed by atoms with Crippen molar-refractivity contribution in [1.29, 1.82) is 0 Å². The number of rotatable bonds is 7. The number of ether oxygens (including phenoxy) is 1. The average Bonchev–Trinajstić information content (AvgIpc) is 2.44. The molecule has 0 unspecified atom stereocenters. The molecular weight excluding hydrogens is 242 g/mol. The van der Waals surface area contributed by atoms with Crippen molar-refractivity contribution in [3.8, 4) is 5.75 Å². The quantitative estimate of drug-likeness (QED) is 0.793. The third kappa shape index (κ3) is 4.91. The number of aliphatic hydroxyl groups is 1. The Kier molecular flexibility index (Phi) is 6.36. The fourth-order valence-electron chi connectivity index (χ4n) is 1.91. The number of nitrogens with one attached hydrogen (secondary N) is 1.